The Morgan fingerprint density at radius 2 is 1.79 bits per heavy atom. The van der Waals surface area contributed by atoms with Crippen LogP contribution in [0, 0.1) is 0 Å². The maximum absolute atomic E-state index is 12.6. The van der Waals surface area contributed by atoms with Crippen molar-refractivity contribution in [1.82, 2.24) is 29.8 Å². The fraction of sp³-hybridized carbons (Fsp3) is 0.533. The van der Waals surface area contributed by atoms with Gasteiger partial charge in [-0.25, -0.2) is 14.6 Å². The molecule has 0 spiro atoms. The molecule has 0 unspecified atom stereocenters. The molecular weight excluding hydrogens is 312 g/mol. The zero-order chi connectivity index (χ0) is 17.3. The van der Waals surface area contributed by atoms with Crippen molar-refractivity contribution in [2.24, 2.45) is 0 Å². The Morgan fingerprint density at radius 3 is 2.46 bits per heavy atom. The van der Waals surface area contributed by atoms with Crippen LogP contribution >= 0.6 is 0 Å². The molecule has 0 aromatic carbocycles. The molecule has 0 atom stereocenters. The van der Waals surface area contributed by atoms with Crippen molar-refractivity contribution in [3.8, 4) is 0 Å². The van der Waals surface area contributed by atoms with E-state index in [0.29, 0.717) is 37.3 Å². The van der Waals surface area contributed by atoms with E-state index in [4.69, 9.17) is 4.74 Å². The van der Waals surface area contributed by atoms with Gasteiger partial charge in [0.2, 0.25) is 5.65 Å². The van der Waals surface area contributed by atoms with Crippen LogP contribution in [0.1, 0.15) is 20.8 Å². The lowest BCUT2D eigenvalue weighted by Gasteiger charge is -2.35. The molecule has 0 aliphatic carbocycles. The minimum atomic E-state index is -0.531. The van der Waals surface area contributed by atoms with E-state index in [1.54, 1.807) is 28.1 Å². The highest BCUT2D eigenvalue weighted by atomic mass is 16.6. The largest absolute Gasteiger partial charge is 0.444 e. The molecule has 1 fully saturated rings. The second-order valence-corrected chi connectivity index (χ2v) is 6.58. The summed E-state index contributed by atoms with van der Waals surface area (Å²) in [4.78, 5) is 32.0. The summed E-state index contributed by atoms with van der Waals surface area (Å²) in [5.41, 5.74) is 0.465. The van der Waals surface area contributed by atoms with Crippen molar-refractivity contribution in [1.29, 1.82) is 0 Å². The summed E-state index contributed by atoms with van der Waals surface area (Å²) in [6, 6.07) is 3.21. The first-order chi connectivity index (χ1) is 11.3. The van der Waals surface area contributed by atoms with Gasteiger partial charge in [0.05, 0.1) is 0 Å². The van der Waals surface area contributed by atoms with Gasteiger partial charge in [0.25, 0.3) is 0 Å². The number of amides is 2. The number of hydrogen-bond acceptors (Lipinski definition) is 6. The highest BCUT2D eigenvalue weighted by Gasteiger charge is 2.29. The molecule has 0 bridgehead atoms. The summed E-state index contributed by atoms with van der Waals surface area (Å²) < 4.78 is 6.59. The molecule has 2 aromatic heterocycles. The molecule has 0 saturated carbocycles. The zero-order valence-electron chi connectivity index (χ0n) is 14.0. The van der Waals surface area contributed by atoms with Gasteiger partial charge >= 0.3 is 12.1 Å². The lowest BCUT2D eigenvalue weighted by molar-refractivity contribution is 0.0170. The maximum Gasteiger partial charge on any atom is 0.410 e. The van der Waals surface area contributed by atoms with Crippen LogP contribution in [0.2, 0.25) is 0 Å². The van der Waals surface area contributed by atoms with Gasteiger partial charge in [-0.3, -0.25) is 0 Å². The average Bonchev–Trinajstić information content (AvgIpc) is 2.97. The summed E-state index contributed by atoms with van der Waals surface area (Å²) in [6.45, 7) is 7.16. The van der Waals surface area contributed by atoms with E-state index in [-0.39, 0.29) is 12.1 Å². The van der Waals surface area contributed by atoms with Crippen molar-refractivity contribution in [3.63, 3.8) is 0 Å². The Morgan fingerprint density at radius 1 is 1.12 bits per heavy atom. The predicted molar refractivity (Wildman–Crippen MR) is 85.5 cm³/mol. The summed E-state index contributed by atoms with van der Waals surface area (Å²) >= 11 is 0. The molecule has 2 amide bonds. The standard InChI is InChI=1S/C15H20N6O3/c1-15(2,3)24-14(23)20-9-7-19(8-10-20)13(22)21-11-5-4-6-16-12(11)17-18-21/h4-6H,7-10H2,1-3H3. The molecule has 3 heterocycles. The van der Waals surface area contributed by atoms with Gasteiger partial charge in [0.15, 0.2) is 0 Å². The molecule has 24 heavy (non-hydrogen) atoms. The number of nitrogens with zero attached hydrogens (tertiary/aromatic N) is 6. The van der Waals surface area contributed by atoms with Crippen LogP contribution in [0.3, 0.4) is 0 Å². The predicted octanol–water partition coefficient (Wildman–Crippen LogP) is 1.35. The Bertz CT molecular complexity index is 758. The van der Waals surface area contributed by atoms with Crippen LogP contribution in [0.5, 0.6) is 0 Å². The number of ether oxygens (including phenoxy) is 1. The van der Waals surface area contributed by atoms with Gasteiger partial charge in [-0.05, 0) is 32.9 Å². The highest BCUT2D eigenvalue weighted by molar-refractivity contribution is 5.86. The number of rotatable bonds is 0. The minimum absolute atomic E-state index is 0.269. The van der Waals surface area contributed by atoms with Gasteiger partial charge in [-0.2, -0.15) is 4.68 Å². The van der Waals surface area contributed by atoms with Gasteiger partial charge in [-0.15, -0.1) is 5.10 Å². The van der Waals surface area contributed by atoms with E-state index in [1.807, 2.05) is 20.8 Å². The molecule has 1 saturated heterocycles. The van der Waals surface area contributed by atoms with Gasteiger partial charge < -0.3 is 14.5 Å². The molecule has 9 nitrogen and oxygen atoms in total. The molecule has 1 aliphatic rings. The monoisotopic (exact) mass is 332 g/mol. The summed E-state index contributed by atoms with van der Waals surface area (Å²) in [7, 11) is 0. The van der Waals surface area contributed by atoms with E-state index < -0.39 is 5.60 Å². The fourth-order valence-electron chi connectivity index (χ4n) is 2.45. The van der Waals surface area contributed by atoms with Crippen LogP contribution < -0.4 is 0 Å². The molecule has 2 aromatic rings. The lowest BCUT2D eigenvalue weighted by Crippen LogP contribution is -2.52. The van der Waals surface area contributed by atoms with Crippen LogP contribution in [-0.2, 0) is 4.74 Å². The summed E-state index contributed by atoms with van der Waals surface area (Å²) in [6.07, 6.45) is 1.25. The molecule has 0 radical (unpaired) electrons. The number of piperazine rings is 1. The number of fused-ring (bicyclic) bond motifs is 1. The first-order valence-corrected chi connectivity index (χ1v) is 7.79. The fourth-order valence-corrected chi connectivity index (χ4v) is 2.45. The molecule has 0 N–H and O–H groups in total. The second-order valence-electron chi connectivity index (χ2n) is 6.58. The summed E-state index contributed by atoms with van der Waals surface area (Å²) in [5.74, 6) is 0. The van der Waals surface area contributed by atoms with Crippen LogP contribution in [0.15, 0.2) is 18.3 Å². The van der Waals surface area contributed by atoms with Crippen molar-refractivity contribution < 1.29 is 14.3 Å². The van der Waals surface area contributed by atoms with Crippen LogP contribution in [0.25, 0.3) is 11.2 Å². The number of hydrogen-bond donors (Lipinski definition) is 0. The second kappa shape index (κ2) is 6.06. The maximum atomic E-state index is 12.6. The van der Waals surface area contributed by atoms with Crippen molar-refractivity contribution in [3.05, 3.63) is 18.3 Å². The lowest BCUT2D eigenvalue weighted by atomic mass is 10.2. The highest BCUT2D eigenvalue weighted by Crippen LogP contribution is 2.13. The van der Waals surface area contributed by atoms with E-state index >= 15 is 0 Å². The summed E-state index contributed by atoms with van der Waals surface area (Å²) in [5, 5.41) is 7.77. The van der Waals surface area contributed by atoms with E-state index in [2.05, 4.69) is 15.3 Å². The van der Waals surface area contributed by atoms with Gasteiger partial charge in [0.1, 0.15) is 11.1 Å². The van der Waals surface area contributed by atoms with Crippen molar-refractivity contribution in [2.75, 3.05) is 26.2 Å². The van der Waals surface area contributed by atoms with Gasteiger partial charge in [-0.1, -0.05) is 5.21 Å². The third-order valence-corrected chi connectivity index (χ3v) is 3.61. The van der Waals surface area contributed by atoms with Crippen molar-refractivity contribution in [2.45, 2.75) is 26.4 Å². The first-order valence-electron chi connectivity index (χ1n) is 7.79. The van der Waals surface area contributed by atoms with E-state index in [9.17, 15) is 9.59 Å². The third kappa shape index (κ3) is 3.29. The number of carbonyl (C=O) groups excluding carboxylic acids is 2. The Balaban J connectivity index is 1.64. The first kappa shape index (κ1) is 16.2. The van der Waals surface area contributed by atoms with Crippen LogP contribution in [-0.4, -0.2) is 73.7 Å². The Kier molecular flexibility index (Phi) is 4.08. The van der Waals surface area contributed by atoms with E-state index in [0.717, 1.165) is 0 Å². The van der Waals surface area contributed by atoms with E-state index in [1.165, 1.54) is 4.68 Å². The molecular formula is C15H20N6O3. The minimum Gasteiger partial charge on any atom is -0.444 e. The number of pyridine rings is 1. The SMILES string of the molecule is CC(C)(C)OC(=O)N1CCN(C(=O)n2nnc3ncccc32)CC1. The quantitative estimate of drug-likeness (QED) is 0.723. The van der Waals surface area contributed by atoms with Crippen LogP contribution in [0.4, 0.5) is 9.59 Å². The topological polar surface area (TPSA) is 93.5 Å². The number of carbonyl (C=O) groups is 2. The van der Waals surface area contributed by atoms with Gasteiger partial charge in [0, 0.05) is 32.4 Å². The average molecular weight is 332 g/mol. The Hall–Kier alpha value is -2.71. The normalized spacial score (nSPS) is 15.6. The molecule has 3 rings (SSSR count). The third-order valence-electron chi connectivity index (χ3n) is 3.61. The molecule has 1 aliphatic heterocycles. The molecule has 128 valence electrons. The smallest absolute Gasteiger partial charge is 0.410 e. The Labute approximate surface area is 139 Å². The molecule has 9 heteroatoms. The number of aromatic nitrogens is 4. The van der Waals surface area contributed by atoms with Crippen molar-refractivity contribution >= 4 is 23.3 Å². The zero-order valence-corrected chi connectivity index (χ0v) is 14.0.